The lowest BCUT2D eigenvalue weighted by Crippen LogP contribution is -2.09. The molecule has 0 spiro atoms. The van der Waals surface area contributed by atoms with Gasteiger partial charge in [-0.25, -0.2) is 0 Å². The number of fused-ring (bicyclic) bond motifs is 2. The van der Waals surface area contributed by atoms with Crippen LogP contribution in [0.25, 0.3) is 21.8 Å². The lowest BCUT2D eigenvalue weighted by atomic mass is 10.2. The molecule has 0 saturated carbocycles. The molecule has 8 heteroatoms. The summed E-state index contributed by atoms with van der Waals surface area (Å²) >= 11 is 0. The Kier molecular flexibility index (Phi) is 4.17. The fourth-order valence-electron chi connectivity index (χ4n) is 3.32. The predicted octanol–water partition coefficient (Wildman–Crippen LogP) is 4.18. The topological polar surface area (TPSA) is 89.2 Å². The molecule has 0 aliphatic carbocycles. The summed E-state index contributed by atoms with van der Waals surface area (Å²) < 4.78 is 7.54. The van der Waals surface area contributed by atoms with Crippen molar-refractivity contribution in [2.45, 2.75) is 0 Å². The van der Waals surface area contributed by atoms with Gasteiger partial charge in [-0.1, -0.05) is 0 Å². The molecule has 0 aliphatic rings. The number of ether oxygens (including phenoxy) is 1. The minimum atomic E-state index is -0.140. The Bertz CT molecular complexity index is 1360. The number of aromatic hydroxyl groups is 1. The van der Waals surface area contributed by atoms with Crippen LogP contribution in [0.15, 0.2) is 67.1 Å². The van der Waals surface area contributed by atoms with Gasteiger partial charge in [0, 0.05) is 43.3 Å². The third-order valence-electron chi connectivity index (χ3n) is 4.88. The lowest BCUT2D eigenvalue weighted by molar-refractivity contribution is 0.412. The van der Waals surface area contributed by atoms with Crippen LogP contribution < -0.4 is 9.64 Å². The van der Waals surface area contributed by atoms with Gasteiger partial charge in [-0.05, 0) is 48.5 Å². The van der Waals surface area contributed by atoms with E-state index in [1.165, 1.54) is 0 Å². The first-order chi connectivity index (χ1) is 14.6. The van der Waals surface area contributed by atoms with Gasteiger partial charge in [-0.2, -0.15) is 15.1 Å². The SMILES string of the molecule is CN(c1ccc(Oc2nc(O)c3ccncc3n2)cc1)c1ccc2cn(C)nc2c1. The van der Waals surface area contributed by atoms with Gasteiger partial charge in [0.05, 0.1) is 22.6 Å². The van der Waals surface area contributed by atoms with Gasteiger partial charge in [-0.3, -0.25) is 9.67 Å². The van der Waals surface area contributed by atoms with E-state index < -0.39 is 0 Å². The molecule has 30 heavy (non-hydrogen) atoms. The second kappa shape index (κ2) is 7.00. The molecule has 5 rings (SSSR count). The Morgan fingerprint density at radius 1 is 0.967 bits per heavy atom. The third-order valence-corrected chi connectivity index (χ3v) is 4.88. The zero-order valence-electron chi connectivity index (χ0n) is 16.4. The molecule has 148 valence electrons. The van der Waals surface area contributed by atoms with Gasteiger partial charge in [0.25, 0.3) is 0 Å². The highest BCUT2D eigenvalue weighted by molar-refractivity contribution is 5.83. The summed E-state index contributed by atoms with van der Waals surface area (Å²) in [7, 11) is 3.91. The van der Waals surface area contributed by atoms with Crippen molar-refractivity contribution in [2.24, 2.45) is 7.05 Å². The van der Waals surface area contributed by atoms with Crippen molar-refractivity contribution in [1.82, 2.24) is 24.7 Å². The first kappa shape index (κ1) is 17.9. The smallest absolute Gasteiger partial charge is 0.325 e. The molecular formula is C22H18N6O2. The largest absolute Gasteiger partial charge is 0.493 e. The zero-order chi connectivity index (χ0) is 20.7. The number of aryl methyl sites for hydroxylation is 1. The highest BCUT2D eigenvalue weighted by atomic mass is 16.5. The van der Waals surface area contributed by atoms with Crippen LogP contribution in [-0.4, -0.2) is 36.9 Å². The molecule has 1 N–H and O–H groups in total. The Hall–Kier alpha value is -4.20. The van der Waals surface area contributed by atoms with Crippen molar-refractivity contribution in [3.63, 3.8) is 0 Å². The van der Waals surface area contributed by atoms with Crippen LogP contribution in [0.2, 0.25) is 0 Å². The average molecular weight is 398 g/mol. The third kappa shape index (κ3) is 3.24. The van der Waals surface area contributed by atoms with Crippen molar-refractivity contribution in [1.29, 1.82) is 0 Å². The molecule has 3 heterocycles. The number of hydrogen-bond donors (Lipinski definition) is 1. The van der Waals surface area contributed by atoms with E-state index in [2.05, 4.69) is 43.1 Å². The first-order valence-corrected chi connectivity index (χ1v) is 9.32. The lowest BCUT2D eigenvalue weighted by Gasteiger charge is -2.19. The molecule has 0 atom stereocenters. The molecule has 0 amide bonds. The summed E-state index contributed by atoms with van der Waals surface area (Å²) in [4.78, 5) is 14.4. The zero-order valence-corrected chi connectivity index (χ0v) is 16.4. The summed E-state index contributed by atoms with van der Waals surface area (Å²) in [5.41, 5.74) is 3.49. The van der Waals surface area contributed by atoms with Gasteiger partial charge in [-0.15, -0.1) is 0 Å². The van der Waals surface area contributed by atoms with E-state index in [1.54, 1.807) is 18.5 Å². The quantitative estimate of drug-likeness (QED) is 0.486. The second-order valence-electron chi connectivity index (χ2n) is 6.92. The number of aromatic nitrogens is 5. The maximum absolute atomic E-state index is 10.1. The highest BCUT2D eigenvalue weighted by Crippen LogP contribution is 2.30. The molecule has 0 saturated heterocycles. The molecule has 0 aliphatic heterocycles. The standard InChI is InChI=1S/C22H18N6O2/c1-27-13-14-3-4-16(11-19(14)26-27)28(2)15-5-7-17(8-6-15)30-22-24-20-12-23-10-9-18(20)21(29)25-22/h3-13H,1-2H3,(H,24,25,29). The van der Waals surface area contributed by atoms with E-state index in [-0.39, 0.29) is 11.9 Å². The Labute approximate surface area is 172 Å². The second-order valence-corrected chi connectivity index (χ2v) is 6.92. The molecule has 0 unspecified atom stereocenters. The fourth-order valence-corrected chi connectivity index (χ4v) is 3.32. The van der Waals surface area contributed by atoms with Gasteiger partial charge >= 0.3 is 6.01 Å². The number of rotatable bonds is 4. The maximum Gasteiger partial charge on any atom is 0.325 e. The Morgan fingerprint density at radius 2 is 1.77 bits per heavy atom. The summed E-state index contributed by atoms with van der Waals surface area (Å²) in [6, 6.07) is 15.5. The fraction of sp³-hybridized carbons (Fsp3) is 0.0909. The monoisotopic (exact) mass is 398 g/mol. The summed E-state index contributed by atoms with van der Waals surface area (Å²) in [6.45, 7) is 0. The van der Waals surface area contributed by atoms with E-state index in [1.807, 2.05) is 49.2 Å². The van der Waals surface area contributed by atoms with Crippen molar-refractivity contribution in [3.8, 4) is 17.6 Å². The minimum absolute atomic E-state index is 0.0645. The number of hydrogen-bond acceptors (Lipinski definition) is 7. The van der Waals surface area contributed by atoms with Crippen molar-refractivity contribution < 1.29 is 9.84 Å². The van der Waals surface area contributed by atoms with Crippen LogP contribution >= 0.6 is 0 Å². The van der Waals surface area contributed by atoms with Crippen LogP contribution in [-0.2, 0) is 7.05 Å². The minimum Gasteiger partial charge on any atom is -0.493 e. The van der Waals surface area contributed by atoms with Crippen molar-refractivity contribution in [2.75, 3.05) is 11.9 Å². The molecule has 0 radical (unpaired) electrons. The Balaban J connectivity index is 1.38. The number of anilines is 2. The van der Waals surface area contributed by atoms with Crippen molar-refractivity contribution in [3.05, 3.63) is 67.1 Å². The predicted molar refractivity (Wildman–Crippen MR) is 114 cm³/mol. The molecule has 3 aromatic heterocycles. The molecule has 0 bridgehead atoms. The Morgan fingerprint density at radius 3 is 2.60 bits per heavy atom. The van der Waals surface area contributed by atoms with E-state index in [0.29, 0.717) is 16.7 Å². The highest BCUT2D eigenvalue weighted by Gasteiger charge is 2.10. The molecule has 8 nitrogen and oxygen atoms in total. The van der Waals surface area contributed by atoms with Crippen LogP contribution in [0.4, 0.5) is 11.4 Å². The van der Waals surface area contributed by atoms with Crippen LogP contribution in [0.5, 0.6) is 17.6 Å². The molecule has 5 aromatic rings. The molecule has 2 aromatic carbocycles. The van der Waals surface area contributed by atoms with Gasteiger partial charge < -0.3 is 14.7 Å². The number of nitrogens with zero attached hydrogens (tertiary/aromatic N) is 6. The molecule has 0 fully saturated rings. The van der Waals surface area contributed by atoms with E-state index in [0.717, 1.165) is 22.3 Å². The average Bonchev–Trinajstić information content (AvgIpc) is 3.13. The molecular weight excluding hydrogens is 380 g/mol. The normalized spacial score (nSPS) is 11.1. The van der Waals surface area contributed by atoms with Crippen LogP contribution in [0.1, 0.15) is 0 Å². The van der Waals surface area contributed by atoms with Crippen LogP contribution in [0.3, 0.4) is 0 Å². The maximum atomic E-state index is 10.1. The van der Waals surface area contributed by atoms with E-state index in [9.17, 15) is 5.11 Å². The van der Waals surface area contributed by atoms with Gasteiger partial charge in [0.2, 0.25) is 5.88 Å². The van der Waals surface area contributed by atoms with E-state index >= 15 is 0 Å². The summed E-state index contributed by atoms with van der Waals surface area (Å²) in [5.74, 6) is 0.425. The number of pyridine rings is 1. The van der Waals surface area contributed by atoms with E-state index in [4.69, 9.17) is 4.74 Å². The first-order valence-electron chi connectivity index (χ1n) is 9.32. The van der Waals surface area contributed by atoms with Gasteiger partial charge in [0.15, 0.2) is 0 Å². The van der Waals surface area contributed by atoms with Crippen LogP contribution in [0, 0.1) is 0 Å². The number of benzene rings is 2. The summed E-state index contributed by atoms with van der Waals surface area (Å²) in [6.07, 6.45) is 5.13. The van der Waals surface area contributed by atoms with Crippen molar-refractivity contribution >= 4 is 33.2 Å². The summed E-state index contributed by atoms with van der Waals surface area (Å²) in [5, 5.41) is 16.2. The van der Waals surface area contributed by atoms with Gasteiger partial charge in [0.1, 0.15) is 5.75 Å².